The summed E-state index contributed by atoms with van der Waals surface area (Å²) in [5, 5.41) is 8.21. The van der Waals surface area contributed by atoms with Crippen molar-refractivity contribution in [1.29, 1.82) is 0 Å². The van der Waals surface area contributed by atoms with Crippen LogP contribution in [0.1, 0.15) is 37.0 Å². The summed E-state index contributed by atoms with van der Waals surface area (Å²) in [6, 6.07) is 19.1. The summed E-state index contributed by atoms with van der Waals surface area (Å²) >= 11 is 1.61. The van der Waals surface area contributed by atoms with E-state index in [-0.39, 0.29) is 17.2 Å². The summed E-state index contributed by atoms with van der Waals surface area (Å²) in [7, 11) is 0. The number of benzene rings is 3. The number of urea groups is 1. The molecule has 12 heteroatoms. The van der Waals surface area contributed by atoms with Gasteiger partial charge in [0, 0.05) is 30.1 Å². The van der Waals surface area contributed by atoms with E-state index in [1.165, 1.54) is 35.3 Å². The summed E-state index contributed by atoms with van der Waals surface area (Å²) in [5.41, 5.74) is 5.66. The molecule has 4 aromatic rings. The predicted octanol–water partition coefficient (Wildman–Crippen LogP) is 7.73. The Hall–Kier alpha value is -4.32. The number of anilines is 1. The number of aryl methyl sites for hydroxylation is 2. The van der Waals surface area contributed by atoms with Crippen LogP contribution in [0.15, 0.2) is 78.0 Å². The third kappa shape index (κ3) is 8.44. The first kappa shape index (κ1) is 32.1. The van der Waals surface area contributed by atoms with Gasteiger partial charge in [-0.15, -0.1) is 18.3 Å². The molecule has 0 aliphatic carbocycles. The van der Waals surface area contributed by atoms with Crippen LogP contribution >= 0.6 is 11.8 Å². The normalized spacial score (nSPS) is 14.9. The Kier molecular flexibility index (Phi) is 9.52. The molecule has 0 bridgehead atoms. The average molecular weight is 637 g/mol. The Labute approximate surface area is 264 Å². The molecule has 1 aromatic heterocycles. The maximum Gasteiger partial charge on any atom is 0.573 e. The third-order valence-electron chi connectivity index (χ3n) is 7.33. The number of amides is 2. The van der Waals surface area contributed by atoms with Crippen LogP contribution in [0.2, 0.25) is 0 Å². The van der Waals surface area contributed by atoms with E-state index in [0.717, 1.165) is 58.2 Å². The number of aromatic nitrogens is 3. The first-order chi connectivity index (χ1) is 21.4. The second-order valence-electron chi connectivity index (χ2n) is 11.7. The van der Waals surface area contributed by atoms with Crippen LogP contribution in [0.25, 0.3) is 17.1 Å². The second-order valence-corrected chi connectivity index (χ2v) is 12.8. The van der Waals surface area contributed by atoms with Gasteiger partial charge in [-0.05, 0) is 73.1 Å². The minimum Gasteiger partial charge on any atom is -0.406 e. The molecule has 1 fully saturated rings. The molecular formula is C33H35F3N6O2S. The maximum atomic E-state index is 12.9. The van der Waals surface area contributed by atoms with Gasteiger partial charge in [0.15, 0.2) is 11.0 Å². The topological polar surface area (TPSA) is 84.6 Å². The van der Waals surface area contributed by atoms with Gasteiger partial charge in [0.1, 0.15) is 12.1 Å². The summed E-state index contributed by atoms with van der Waals surface area (Å²) in [5.74, 6) is 1.11. The molecule has 0 spiro atoms. The number of alkyl halides is 3. The maximum absolute atomic E-state index is 12.9. The van der Waals surface area contributed by atoms with Crippen molar-refractivity contribution >= 4 is 28.6 Å². The van der Waals surface area contributed by atoms with Gasteiger partial charge in [-0.1, -0.05) is 68.1 Å². The quantitative estimate of drug-likeness (QED) is 0.213. The van der Waals surface area contributed by atoms with Crippen molar-refractivity contribution in [2.45, 2.75) is 46.9 Å². The molecule has 45 heavy (non-hydrogen) atoms. The molecule has 1 saturated heterocycles. The number of thioether (sulfide) groups is 1. The fourth-order valence-electron chi connectivity index (χ4n) is 5.24. The highest BCUT2D eigenvalue weighted by Gasteiger charge is 2.31. The minimum atomic E-state index is -4.75. The number of ether oxygens (including phenoxy) is 1. The van der Waals surface area contributed by atoms with Crippen molar-refractivity contribution < 1.29 is 22.7 Å². The fourth-order valence-corrected chi connectivity index (χ4v) is 6.18. The molecule has 1 N–H and O–H groups in total. The molecule has 2 amide bonds. The summed E-state index contributed by atoms with van der Waals surface area (Å²) in [6.07, 6.45) is -1.49. The van der Waals surface area contributed by atoms with E-state index in [0.29, 0.717) is 18.1 Å². The number of aliphatic imine (C=N–C) groups is 1. The summed E-state index contributed by atoms with van der Waals surface area (Å²) in [4.78, 5) is 23.9. The Morgan fingerprint density at radius 2 is 1.71 bits per heavy atom. The van der Waals surface area contributed by atoms with Gasteiger partial charge in [0.2, 0.25) is 0 Å². The van der Waals surface area contributed by atoms with Crippen molar-refractivity contribution in [1.82, 2.24) is 20.1 Å². The molecule has 0 unspecified atom stereocenters. The van der Waals surface area contributed by atoms with Crippen LogP contribution in [0, 0.1) is 19.3 Å². The van der Waals surface area contributed by atoms with Crippen LogP contribution in [-0.2, 0) is 6.42 Å². The van der Waals surface area contributed by atoms with E-state index in [1.807, 2.05) is 30.3 Å². The number of rotatable bonds is 8. The Bertz CT molecular complexity index is 1650. The zero-order valence-electron chi connectivity index (χ0n) is 25.6. The molecule has 2 heterocycles. The van der Waals surface area contributed by atoms with Crippen molar-refractivity contribution in [3.8, 4) is 22.8 Å². The van der Waals surface area contributed by atoms with Gasteiger partial charge in [0.05, 0.1) is 5.69 Å². The molecule has 1 aliphatic rings. The van der Waals surface area contributed by atoms with Gasteiger partial charge in [-0.3, -0.25) is 0 Å². The number of carbonyl (C=O) groups excluding carboxylic acids is 1. The molecule has 0 saturated carbocycles. The summed E-state index contributed by atoms with van der Waals surface area (Å²) < 4.78 is 42.7. The van der Waals surface area contributed by atoms with Crippen LogP contribution in [0.5, 0.6) is 5.75 Å². The van der Waals surface area contributed by atoms with Crippen molar-refractivity contribution in [2.24, 2.45) is 10.4 Å². The van der Waals surface area contributed by atoms with Crippen molar-refractivity contribution in [3.05, 3.63) is 89.7 Å². The number of nitrogens with zero attached hydrogens (tertiary/aromatic N) is 5. The van der Waals surface area contributed by atoms with Crippen LogP contribution in [0.3, 0.4) is 0 Å². The number of halogens is 3. The largest absolute Gasteiger partial charge is 0.573 e. The molecule has 236 valence electrons. The number of hydrogen-bond acceptors (Lipinski definition) is 5. The Balaban J connectivity index is 1.18. The standard InChI is InChI=1S/C33H35F3N6O2S/c1-22-7-5-8-23(2)28(22)41-17-6-18-45-31(41)39-30(43)37-20-32(3,4)19-24-9-11-25(12-10-24)29-38-21-42(40-29)26-13-15-27(16-14-26)44-33(34,35)36/h5,7-16,21H,6,17-20H2,1-4H3,(H,37,43)/b39-31-. The van der Waals surface area contributed by atoms with E-state index in [4.69, 9.17) is 0 Å². The van der Waals surface area contributed by atoms with E-state index >= 15 is 0 Å². The molecule has 0 atom stereocenters. The molecule has 0 radical (unpaired) electrons. The number of amidine groups is 1. The van der Waals surface area contributed by atoms with Crippen LogP contribution in [-0.4, -0.2) is 51.2 Å². The second kappa shape index (κ2) is 13.4. The SMILES string of the molecule is Cc1cccc(C)c1N1CCCS/C1=N\C(=O)NCC(C)(C)Cc1ccc(-c2ncn(-c3ccc(OC(F)(F)F)cc3)n2)cc1. The number of nitrogens with one attached hydrogen (secondary N) is 1. The van der Waals surface area contributed by atoms with Gasteiger partial charge in [-0.25, -0.2) is 14.5 Å². The smallest absolute Gasteiger partial charge is 0.406 e. The molecular weight excluding hydrogens is 601 g/mol. The first-order valence-corrected chi connectivity index (χ1v) is 15.6. The highest BCUT2D eigenvalue weighted by Crippen LogP contribution is 2.31. The van der Waals surface area contributed by atoms with Crippen molar-refractivity contribution in [2.75, 3.05) is 23.7 Å². The van der Waals surface area contributed by atoms with E-state index in [9.17, 15) is 18.0 Å². The van der Waals surface area contributed by atoms with Gasteiger partial charge < -0.3 is 15.0 Å². The predicted molar refractivity (Wildman–Crippen MR) is 172 cm³/mol. The highest BCUT2D eigenvalue weighted by atomic mass is 32.2. The minimum absolute atomic E-state index is 0.231. The molecule has 8 nitrogen and oxygen atoms in total. The lowest BCUT2D eigenvalue weighted by molar-refractivity contribution is -0.274. The summed E-state index contributed by atoms with van der Waals surface area (Å²) in [6.45, 7) is 9.65. The van der Waals surface area contributed by atoms with Crippen molar-refractivity contribution in [3.63, 3.8) is 0 Å². The van der Waals surface area contributed by atoms with E-state index in [1.54, 1.807) is 11.8 Å². The van der Waals surface area contributed by atoms with Crippen LogP contribution in [0.4, 0.5) is 23.7 Å². The molecule has 5 rings (SSSR count). The zero-order valence-corrected chi connectivity index (χ0v) is 26.4. The number of carbonyl (C=O) groups is 1. The van der Waals surface area contributed by atoms with E-state index < -0.39 is 6.36 Å². The fraction of sp³-hybridized carbons (Fsp3) is 0.333. The molecule has 1 aliphatic heterocycles. The monoisotopic (exact) mass is 636 g/mol. The first-order valence-electron chi connectivity index (χ1n) is 14.6. The lowest BCUT2D eigenvalue weighted by Gasteiger charge is -2.32. The highest BCUT2D eigenvalue weighted by molar-refractivity contribution is 8.14. The lowest BCUT2D eigenvalue weighted by Crippen LogP contribution is -2.38. The Morgan fingerprint density at radius 1 is 1.02 bits per heavy atom. The average Bonchev–Trinajstić information content (AvgIpc) is 3.47. The number of para-hydroxylation sites is 1. The Morgan fingerprint density at radius 3 is 2.38 bits per heavy atom. The van der Waals surface area contributed by atoms with E-state index in [2.05, 4.69) is 69.9 Å². The van der Waals surface area contributed by atoms with Gasteiger partial charge in [0.25, 0.3) is 0 Å². The number of hydrogen-bond donors (Lipinski definition) is 1. The third-order valence-corrected chi connectivity index (χ3v) is 8.40. The van der Waals surface area contributed by atoms with Gasteiger partial charge in [-0.2, -0.15) is 4.99 Å². The zero-order chi connectivity index (χ0) is 32.2. The van der Waals surface area contributed by atoms with Crippen LogP contribution < -0.4 is 15.0 Å². The van der Waals surface area contributed by atoms with Gasteiger partial charge >= 0.3 is 12.4 Å². The molecule has 3 aromatic carbocycles. The lowest BCUT2D eigenvalue weighted by atomic mass is 9.85.